The maximum Gasteiger partial charge on any atom is 0.273 e. The van der Waals surface area contributed by atoms with Crippen LogP contribution in [0.4, 0.5) is 0 Å². The van der Waals surface area contributed by atoms with Crippen LogP contribution >= 0.6 is 0 Å². The summed E-state index contributed by atoms with van der Waals surface area (Å²) in [5.41, 5.74) is 0.362. The van der Waals surface area contributed by atoms with Crippen LogP contribution in [0.5, 0.6) is 0 Å². The Morgan fingerprint density at radius 1 is 1.58 bits per heavy atom. The topological polar surface area (TPSA) is 81.1 Å². The fourth-order valence-electron chi connectivity index (χ4n) is 1.70. The molecule has 0 radical (unpaired) electrons. The fourth-order valence-corrected chi connectivity index (χ4v) is 1.70. The van der Waals surface area contributed by atoms with Crippen LogP contribution in [0.3, 0.4) is 0 Å². The first-order valence-electron chi connectivity index (χ1n) is 6.79. The molecular formula is C12H21N5O2. The van der Waals surface area contributed by atoms with Gasteiger partial charge in [-0.1, -0.05) is 18.6 Å². The number of nitrogens with zero attached hydrogens (tertiary/aromatic N) is 3. The molecule has 0 atom stereocenters. The molecule has 0 aliphatic carbocycles. The average Bonchev–Trinajstić information content (AvgIpc) is 2.80. The van der Waals surface area contributed by atoms with E-state index in [4.69, 9.17) is 4.74 Å². The summed E-state index contributed by atoms with van der Waals surface area (Å²) in [7, 11) is 0. The molecule has 106 valence electrons. The monoisotopic (exact) mass is 267 g/mol. The Kier molecular flexibility index (Phi) is 5.29. The molecule has 2 heterocycles. The molecule has 7 heteroatoms. The van der Waals surface area contributed by atoms with Crippen molar-refractivity contribution in [1.82, 2.24) is 25.6 Å². The molecule has 0 aromatic carbocycles. The lowest BCUT2D eigenvalue weighted by Crippen LogP contribution is -2.43. The molecule has 7 nitrogen and oxygen atoms in total. The minimum atomic E-state index is -0.197. The third-order valence-electron chi connectivity index (χ3n) is 3.05. The molecule has 1 saturated heterocycles. The quantitative estimate of drug-likeness (QED) is 0.646. The Balaban J connectivity index is 1.66. The van der Waals surface area contributed by atoms with Crippen LogP contribution < -0.4 is 10.6 Å². The molecule has 1 amide bonds. The van der Waals surface area contributed by atoms with Crippen molar-refractivity contribution < 1.29 is 9.53 Å². The van der Waals surface area contributed by atoms with Crippen molar-refractivity contribution in [2.24, 2.45) is 0 Å². The third-order valence-corrected chi connectivity index (χ3v) is 3.05. The van der Waals surface area contributed by atoms with Gasteiger partial charge in [-0.3, -0.25) is 4.79 Å². The maximum absolute atomic E-state index is 11.8. The van der Waals surface area contributed by atoms with E-state index in [0.29, 0.717) is 24.9 Å². The van der Waals surface area contributed by atoms with Gasteiger partial charge in [-0.15, -0.1) is 5.10 Å². The van der Waals surface area contributed by atoms with Crippen molar-refractivity contribution in [2.75, 3.05) is 32.8 Å². The summed E-state index contributed by atoms with van der Waals surface area (Å²) in [6.45, 7) is 5.67. The molecule has 2 N–H and O–H groups in total. The lowest BCUT2D eigenvalue weighted by Gasteiger charge is -2.26. The van der Waals surface area contributed by atoms with Gasteiger partial charge in [0.2, 0.25) is 0 Å². The first-order chi connectivity index (χ1) is 9.31. The van der Waals surface area contributed by atoms with Gasteiger partial charge in [-0.25, -0.2) is 4.68 Å². The van der Waals surface area contributed by atoms with Crippen molar-refractivity contribution in [3.8, 4) is 0 Å². The Morgan fingerprint density at radius 3 is 3.11 bits per heavy atom. The van der Waals surface area contributed by atoms with Crippen LogP contribution in [0.15, 0.2) is 6.20 Å². The van der Waals surface area contributed by atoms with E-state index >= 15 is 0 Å². The number of rotatable bonds is 8. The van der Waals surface area contributed by atoms with Crippen molar-refractivity contribution >= 4 is 5.91 Å². The van der Waals surface area contributed by atoms with Crippen molar-refractivity contribution in [3.63, 3.8) is 0 Å². The Hall–Kier alpha value is -1.47. The Bertz CT molecular complexity index is 403. The summed E-state index contributed by atoms with van der Waals surface area (Å²) >= 11 is 0. The highest BCUT2D eigenvalue weighted by Gasteiger charge is 2.21. The summed E-state index contributed by atoms with van der Waals surface area (Å²) in [6.07, 6.45) is 3.86. The molecule has 0 saturated carbocycles. The number of hydrogen-bond acceptors (Lipinski definition) is 5. The van der Waals surface area contributed by atoms with E-state index in [1.807, 2.05) is 0 Å². The van der Waals surface area contributed by atoms with E-state index in [-0.39, 0.29) is 5.91 Å². The number of unbranched alkanes of at least 4 members (excludes halogenated alkanes) is 1. The normalized spacial score (nSPS) is 15.2. The minimum absolute atomic E-state index is 0.197. The number of carbonyl (C=O) groups is 1. The van der Waals surface area contributed by atoms with Gasteiger partial charge in [0, 0.05) is 26.2 Å². The zero-order chi connectivity index (χ0) is 13.5. The summed E-state index contributed by atoms with van der Waals surface area (Å²) in [5, 5.41) is 13.8. The standard InChI is InChI=1S/C12H21N5O2/c1-2-3-5-19-6-4-14-12(18)11-9-17(16-15-11)10-7-13-8-10/h9-10,13H,2-8H2,1H3,(H,14,18). The van der Waals surface area contributed by atoms with E-state index < -0.39 is 0 Å². The number of nitrogens with one attached hydrogen (secondary N) is 2. The second-order valence-electron chi connectivity index (χ2n) is 4.62. The van der Waals surface area contributed by atoms with Gasteiger partial charge >= 0.3 is 0 Å². The molecule has 0 unspecified atom stereocenters. The molecule has 19 heavy (non-hydrogen) atoms. The molecule has 1 aromatic rings. The lowest BCUT2D eigenvalue weighted by molar-refractivity contribution is 0.0908. The molecule has 0 spiro atoms. The van der Waals surface area contributed by atoms with E-state index in [2.05, 4.69) is 27.9 Å². The lowest BCUT2D eigenvalue weighted by atomic mass is 10.2. The number of aromatic nitrogens is 3. The predicted molar refractivity (Wildman–Crippen MR) is 70.0 cm³/mol. The van der Waals surface area contributed by atoms with Crippen LogP contribution in [0, 0.1) is 0 Å². The van der Waals surface area contributed by atoms with Gasteiger partial charge < -0.3 is 15.4 Å². The van der Waals surface area contributed by atoms with Crippen LogP contribution in [-0.2, 0) is 4.74 Å². The fraction of sp³-hybridized carbons (Fsp3) is 0.750. The van der Waals surface area contributed by atoms with Crippen LogP contribution in [0.2, 0.25) is 0 Å². The maximum atomic E-state index is 11.8. The molecule has 0 bridgehead atoms. The highest BCUT2D eigenvalue weighted by Crippen LogP contribution is 2.09. The highest BCUT2D eigenvalue weighted by atomic mass is 16.5. The predicted octanol–water partition coefficient (Wildman–Crippen LogP) is -0.0311. The molecular weight excluding hydrogens is 246 g/mol. The molecule has 1 aromatic heterocycles. The van der Waals surface area contributed by atoms with E-state index in [1.54, 1.807) is 10.9 Å². The number of ether oxygens (including phenoxy) is 1. The smallest absolute Gasteiger partial charge is 0.273 e. The number of hydrogen-bond donors (Lipinski definition) is 2. The molecule has 1 fully saturated rings. The summed E-state index contributed by atoms with van der Waals surface area (Å²) in [4.78, 5) is 11.8. The van der Waals surface area contributed by atoms with Crippen molar-refractivity contribution in [2.45, 2.75) is 25.8 Å². The second-order valence-corrected chi connectivity index (χ2v) is 4.62. The van der Waals surface area contributed by atoms with E-state index in [9.17, 15) is 4.79 Å². The Morgan fingerprint density at radius 2 is 2.42 bits per heavy atom. The largest absolute Gasteiger partial charge is 0.380 e. The third kappa shape index (κ3) is 4.00. The number of carbonyl (C=O) groups excluding carboxylic acids is 1. The van der Waals surface area contributed by atoms with Gasteiger partial charge in [-0.05, 0) is 6.42 Å². The van der Waals surface area contributed by atoms with E-state index in [1.165, 1.54) is 0 Å². The summed E-state index contributed by atoms with van der Waals surface area (Å²) < 4.78 is 7.11. The number of amides is 1. The second kappa shape index (κ2) is 7.20. The van der Waals surface area contributed by atoms with Crippen molar-refractivity contribution in [3.05, 3.63) is 11.9 Å². The zero-order valence-electron chi connectivity index (χ0n) is 11.3. The molecule has 2 rings (SSSR count). The van der Waals surface area contributed by atoms with Crippen LogP contribution in [-0.4, -0.2) is 53.7 Å². The minimum Gasteiger partial charge on any atom is -0.380 e. The van der Waals surface area contributed by atoms with Gasteiger partial charge in [0.05, 0.1) is 18.8 Å². The van der Waals surface area contributed by atoms with Gasteiger partial charge in [-0.2, -0.15) is 0 Å². The summed E-state index contributed by atoms with van der Waals surface area (Å²) in [6, 6.07) is 0.325. The van der Waals surface area contributed by atoms with Gasteiger partial charge in [0.15, 0.2) is 5.69 Å². The van der Waals surface area contributed by atoms with Crippen LogP contribution in [0.1, 0.15) is 36.3 Å². The zero-order valence-corrected chi connectivity index (χ0v) is 11.3. The highest BCUT2D eigenvalue weighted by molar-refractivity contribution is 5.91. The van der Waals surface area contributed by atoms with E-state index in [0.717, 1.165) is 32.5 Å². The Labute approximate surface area is 112 Å². The molecule has 1 aliphatic heterocycles. The van der Waals surface area contributed by atoms with Crippen molar-refractivity contribution in [1.29, 1.82) is 0 Å². The first kappa shape index (κ1) is 14.0. The van der Waals surface area contributed by atoms with Gasteiger partial charge in [0.25, 0.3) is 5.91 Å². The molecule has 1 aliphatic rings. The SMILES string of the molecule is CCCCOCCNC(=O)c1cn(C2CNC2)nn1. The first-order valence-corrected chi connectivity index (χ1v) is 6.79. The average molecular weight is 267 g/mol. The summed E-state index contributed by atoms with van der Waals surface area (Å²) in [5.74, 6) is -0.197. The van der Waals surface area contributed by atoms with Gasteiger partial charge in [0.1, 0.15) is 0 Å². The van der Waals surface area contributed by atoms with Crippen LogP contribution in [0.25, 0.3) is 0 Å².